The molecule has 2 aromatic rings. The van der Waals surface area contributed by atoms with Gasteiger partial charge in [0.15, 0.2) is 0 Å². The average Bonchev–Trinajstić information content (AvgIpc) is 2.92. The number of hydrogen-bond acceptors (Lipinski definition) is 4. The molecule has 1 N–H and O–H groups in total. The molecule has 0 unspecified atom stereocenters. The van der Waals surface area contributed by atoms with Gasteiger partial charge in [0.1, 0.15) is 11.9 Å². The van der Waals surface area contributed by atoms with Gasteiger partial charge in [-0.3, -0.25) is 0 Å². The van der Waals surface area contributed by atoms with Gasteiger partial charge in [0.2, 0.25) is 0 Å². The summed E-state index contributed by atoms with van der Waals surface area (Å²) in [5.41, 5.74) is 2.86. The second kappa shape index (κ2) is 8.34. The zero-order valence-electron chi connectivity index (χ0n) is 15.0. The number of aryl methyl sites for hydroxylation is 1. The van der Waals surface area contributed by atoms with Crippen LogP contribution in [0.3, 0.4) is 0 Å². The number of nitriles is 1. The van der Waals surface area contributed by atoms with Gasteiger partial charge in [-0.1, -0.05) is 29.8 Å². The number of hydrogen-bond donors (Lipinski definition) is 1. The average molecular weight is 349 g/mol. The lowest BCUT2D eigenvalue weighted by molar-refractivity contribution is 0.201. The highest BCUT2D eigenvalue weighted by Gasteiger charge is 2.21. The molecule has 1 saturated heterocycles. The smallest absolute Gasteiger partial charge is 0.317 e. The molecule has 0 saturated carbocycles. The van der Waals surface area contributed by atoms with Crippen molar-refractivity contribution in [3.05, 3.63) is 59.3 Å². The van der Waals surface area contributed by atoms with Gasteiger partial charge < -0.3 is 15.1 Å². The molecule has 6 nitrogen and oxygen atoms in total. The van der Waals surface area contributed by atoms with E-state index >= 15 is 0 Å². The van der Waals surface area contributed by atoms with E-state index < -0.39 is 0 Å². The second-order valence-electron chi connectivity index (χ2n) is 6.46. The first-order chi connectivity index (χ1) is 12.7. The summed E-state index contributed by atoms with van der Waals surface area (Å²) in [7, 11) is 0. The fraction of sp³-hybridized carbons (Fsp3) is 0.350. The van der Waals surface area contributed by atoms with Gasteiger partial charge in [-0.2, -0.15) is 5.26 Å². The van der Waals surface area contributed by atoms with Crippen LogP contribution in [0, 0.1) is 18.3 Å². The molecule has 2 heterocycles. The summed E-state index contributed by atoms with van der Waals surface area (Å²) >= 11 is 0. The van der Waals surface area contributed by atoms with Crippen molar-refractivity contribution in [2.75, 3.05) is 31.1 Å². The molecule has 6 heteroatoms. The predicted molar refractivity (Wildman–Crippen MR) is 101 cm³/mol. The Bertz CT molecular complexity index is 814. The highest BCUT2D eigenvalue weighted by molar-refractivity contribution is 5.74. The zero-order valence-corrected chi connectivity index (χ0v) is 15.0. The first-order valence-electron chi connectivity index (χ1n) is 8.86. The van der Waals surface area contributed by atoms with Crippen LogP contribution in [0.25, 0.3) is 0 Å². The molecule has 1 aliphatic heterocycles. The normalized spacial score (nSPS) is 14.5. The van der Waals surface area contributed by atoms with Crippen molar-refractivity contribution in [3.8, 4) is 6.07 Å². The van der Waals surface area contributed by atoms with Crippen LogP contribution >= 0.6 is 0 Å². The SMILES string of the molecule is Cc1cccc(CNC(=O)N2CCCN(c3ncccc3C#N)CC2)c1. The van der Waals surface area contributed by atoms with E-state index in [9.17, 15) is 10.1 Å². The van der Waals surface area contributed by atoms with E-state index in [0.29, 0.717) is 37.6 Å². The largest absolute Gasteiger partial charge is 0.354 e. The third-order valence-corrected chi connectivity index (χ3v) is 4.52. The Kier molecular flexibility index (Phi) is 5.69. The summed E-state index contributed by atoms with van der Waals surface area (Å²) in [6.07, 6.45) is 2.55. The molecule has 134 valence electrons. The lowest BCUT2D eigenvalue weighted by atomic mass is 10.1. The molecule has 0 bridgehead atoms. The number of nitrogens with one attached hydrogen (secondary N) is 1. The number of pyridine rings is 1. The number of carbonyl (C=O) groups excluding carboxylic acids is 1. The summed E-state index contributed by atoms with van der Waals surface area (Å²) in [5, 5.41) is 12.3. The molecule has 1 aliphatic rings. The molecule has 0 atom stereocenters. The van der Waals surface area contributed by atoms with Crippen molar-refractivity contribution < 1.29 is 4.79 Å². The van der Waals surface area contributed by atoms with Gasteiger partial charge in [0, 0.05) is 38.9 Å². The standard InChI is InChI=1S/C20H23N5O/c1-16-5-2-6-17(13-16)15-23-20(26)25-10-4-9-24(11-12-25)19-18(14-21)7-3-8-22-19/h2-3,5-8,13H,4,9-12,15H2,1H3,(H,23,26). The Morgan fingerprint density at radius 1 is 1.23 bits per heavy atom. The number of amides is 2. The second-order valence-corrected chi connectivity index (χ2v) is 6.46. The van der Waals surface area contributed by atoms with Gasteiger partial charge in [-0.25, -0.2) is 9.78 Å². The number of carbonyl (C=O) groups is 1. The van der Waals surface area contributed by atoms with Crippen molar-refractivity contribution in [3.63, 3.8) is 0 Å². The Balaban J connectivity index is 1.58. The molecule has 0 aliphatic carbocycles. The zero-order chi connectivity index (χ0) is 18.4. The third-order valence-electron chi connectivity index (χ3n) is 4.52. The topological polar surface area (TPSA) is 72.3 Å². The van der Waals surface area contributed by atoms with E-state index in [-0.39, 0.29) is 6.03 Å². The predicted octanol–water partition coefficient (Wildman–Crippen LogP) is 2.68. The molecule has 26 heavy (non-hydrogen) atoms. The quantitative estimate of drug-likeness (QED) is 0.925. The fourth-order valence-electron chi connectivity index (χ4n) is 3.18. The number of benzene rings is 1. The van der Waals surface area contributed by atoms with Gasteiger partial charge in [0.05, 0.1) is 5.56 Å². The summed E-state index contributed by atoms with van der Waals surface area (Å²) in [5.74, 6) is 0.706. The maximum Gasteiger partial charge on any atom is 0.317 e. The van der Waals surface area contributed by atoms with Crippen molar-refractivity contribution in [1.29, 1.82) is 5.26 Å². The van der Waals surface area contributed by atoms with E-state index in [1.807, 2.05) is 30.0 Å². The van der Waals surface area contributed by atoms with Crippen LogP contribution < -0.4 is 10.2 Å². The number of nitrogens with zero attached hydrogens (tertiary/aromatic N) is 4. The van der Waals surface area contributed by atoms with Gasteiger partial charge in [0.25, 0.3) is 0 Å². The van der Waals surface area contributed by atoms with Crippen LogP contribution in [0.15, 0.2) is 42.6 Å². The molecule has 1 aromatic carbocycles. The molecular formula is C20H23N5O. The highest BCUT2D eigenvalue weighted by atomic mass is 16.2. The Hall–Kier alpha value is -3.07. The minimum atomic E-state index is -0.0464. The van der Waals surface area contributed by atoms with E-state index in [4.69, 9.17) is 0 Å². The molecule has 2 amide bonds. The molecule has 1 aromatic heterocycles. The summed E-state index contributed by atoms with van der Waals surface area (Å²) in [6.45, 7) is 5.34. The van der Waals surface area contributed by atoms with Crippen molar-refractivity contribution in [1.82, 2.24) is 15.2 Å². The first kappa shape index (κ1) is 17.7. The summed E-state index contributed by atoms with van der Waals surface area (Å²) in [6, 6.07) is 13.8. The Morgan fingerprint density at radius 3 is 2.92 bits per heavy atom. The van der Waals surface area contributed by atoms with E-state index in [0.717, 1.165) is 18.5 Å². The van der Waals surface area contributed by atoms with Gasteiger partial charge >= 0.3 is 6.03 Å². The summed E-state index contributed by atoms with van der Waals surface area (Å²) < 4.78 is 0. The van der Waals surface area contributed by atoms with Crippen LogP contribution in [-0.2, 0) is 6.54 Å². The minimum Gasteiger partial charge on any atom is -0.354 e. The summed E-state index contributed by atoms with van der Waals surface area (Å²) in [4.78, 5) is 20.8. The monoisotopic (exact) mass is 349 g/mol. The van der Waals surface area contributed by atoms with Crippen LogP contribution in [0.1, 0.15) is 23.1 Å². The van der Waals surface area contributed by atoms with Crippen molar-refractivity contribution >= 4 is 11.8 Å². The molecule has 0 spiro atoms. The van der Waals surface area contributed by atoms with Crippen molar-refractivity contribution in [2.45, 2.75) is 19.9 Å². The maximum absolute atomic E-state index is 12.5. The maximum atomic E-state index is 12.5. The highest BCUT2D eigenvalue weighted by Crippen LogP contribution is 2.18. The van der Waals surface area contributed by atoms with E-state index in [1.165, 1.54) is 5.56 Å². The van der Waals surface area contributed by atoms with Gasteiger partial charge in [-0.15, -0.1) is 0 Å². The number of aromatic nitrogens is 1. The van der Waals surface area contributed by atoms with E-state index in [1.54, 1.807) is 18.3 Å². The lowest BCUT2D eigenvalue weighted by Gasteiger charge is -2.23. The Morgan fingerprint density at radius 2 is 2.12 bits per heavy atom. The minimum absolute atomic E-state index is 0.0464. The van der Waals surface area contributed by atoms with Crippen LogP contribution in [0.5, 0.6) is 0 Å². The van der Waals surface area contributed by atoms with E-state index in [2.05, 4.69) is 27.3 Å². The van der Waals surface area contributed by atoms with Crippen LogP contribution in [-0.4, -0.2) is 42.1 Å². The first-order valence-corrected chi connectivity index (χ1v) is 8.86. The number of rotatable bonds is 3. The van der Waals surface area contributed by atoms with Crippen LogP contribution in [0.2, 0.25) is 0 Å². The van der Waals surface area contributed by atoms with Gasteiger partial charge in [-0.05, 0) is 31.0 Å². The molecule has 1 fully saturated rings. The number of urea groups is 1. The third kappa shape index (κ3) is 4.31. The molecular weight excluding hydrogens is 326 g/mol. The van der Waals surface area contributed by atoms with Crippen LogP contribution in [0.4, 0.5) is 10.6 Å². The molecule has 0 radical (unpaired) electrons. The van der Waals surface area contributed by atoms with Crippen molar-refractivity contribution in [2.24, 2.45) is 0 Å². The fourth-order valence-corrected chi connectivity index (χ4v) is 3.18. The lowest BCUT2D eigenvalue weighted by Crippen LogP contribution is -2.41. The number of anilines is 1. The Labute approximate surface area is 154 Å². The molecule has 3 rings (SSSR count).